The summed E-state index contributed by atoms with van der Waals surface area (Å²) in [5.74, 6) is 2.35. The Morgan fingerprint density at radius 3 is 2.33 bits per heavy atom. The van der Waals surface area contributed by atoms with Gasteiger partial charge < -0.3 is 5.32 Å². The highest BCUT2D eigenvalue weighted by molar-refractivity contribution is 5.77. The van der Waals surface area contributed by atoms with E-state index in [1.54, 1.807) is 6.21 Å². The molecule has 1 saturated carbocycles. The van der Waals surface area contributed by atoms with Gasteiger partial charge >= 0.3 is 0 Å². The maximum atomic E-state index is 4.48. The van der Waals surface area contributed by atoms with Gasteiger partial charge in [-0.25, -0.2) is 4.99 Å². The smallest absolute Gasteiger partial charge is 0.139 e. The number of hydrogen-bond donors (Lipinski definition) is 1. The standard InChI is InChI=1S/C17H21N3.2C2H6/c1-12-4-6-14(7-5-12)15-10-16(13(2)20-11-15)17-18-8-3-9-19-17;2*1-2/h3,8-12,14,18H,2,4-7H2,1H3;2*1-2H3/b17-16-;;. The van der Waals surface area contributed by atoms with Gasteiger partial charge in [0.05, 0.1) is 5.35 Å². The Kier molecular flexibility index (Phi) is 9.06. The van der Waals surface area contributed by atoms with Gasteiger partial charge in [-0.2, -0.15) is 0 Å². The van der Waals surface area contributed by atoms with E-state index in [2.05, 4.69) is 34.9 Å². The maximum Gasteiger partial charge on any atom is 0.139 e. The zero-order chi connectivity index (χ0) is 17.9. The summed E-state index contributed by atoms with van der Waals surface area (Å²) < 4.78 is 0. The number of pyridine rings is 1. The van der Waals surface area contributed by atoms with Gasteiger partial charge in [-0.05, 0) is 42.4 Å². The Labute approximate surface area is 147 Å². The predicted octanol–water partition coefficient (Wildman–Crippen LogP) is 4.09. The first kappa shape index (κ1) is 20.1. The first-order valence-corrected chi connectivity index (χ1v) is 9.39. The van der Waals surface area contributed by atoms with E-state index in [4.69, 9.17) is 0 Å². The molecule has 1 N–H and O–H groups in total. The molecule has 0 bridgehead atoms. The molecule has 2 aliphatic rings. The van der Waals surface area contributed by atoms with E-state index < -0.39 is 0 Å². The molecule has 1 aromatic rings. The second kappa shape index (κ2) is 10.8. The normalized spacial score (nSPS) is 24.0. The predicted molar refractivity (Wildman–Crippen MR) is 106 cm³/mol. The lowest BCUT2D eigenvalue weighted by molar-refractivity contribution is 0.347. The zero-order valence-electron chi connectivity index (χ0n) is 16.0. The second-order valence-electron chi connectivity index (χ2n) is 5.85. The molecule has 0 aromatic carbocycles. The Balaban J connectivity index is 0.000000671. The van der Waals surface area contributed by atoms with Crippen LogP contribution in [0.1, 0.15) is 71.8 Å². The van der Waals surface area contributed by atoms with Crippen molar-refractivity contribution in [1.29, 1.82) is 0 Å². The summed E-state index contributed by atoms with van der Waals surface area (Å²) in [6.45, 7) is 14.4. The van der Waals surface area contributed by atoms with E-state index in [1.165, 1.54) is 31.2 Å². The molecule has 0 unspecified atom stereocenters. The van der Waals surface area contributed by atoms with Gasteiger partial charge in [0.25, 0.3) is 0 Å². The highest BCUT2D eigenvalue weighted by Gasteiger charge is 2.20. The van der Waals surface area contributed by atoms with Crippen LogP contribution in [0, 0.1) is 5.92 Å². The SMILES string of the molecule is C=c1ncc(C2CCC(C)CC2)c/c1=C1/N=CC=CN1.CC.CC. The van der Waals surface area contributed by atoms with Gasteiger partial charge in [0.15, 0.2) is 0 Å². The Morgan fingerprint density at radius 2 is 1.75 bits per heavy atom. The van der Waals surface area contributed by atoms with Crippen molar-refractivity contribution in [1.82, 2.24) is 10.3 Å². The number of allylic oxidation sites excluding steroid dienone is 1. The van der Waals surface area contributed by atoms with Crippen LogP contribution in [-0.2, 0) is 0 Å². The van der Waals surface area contributed by atoms with Crippen molar-refractivity contribution >= 4 is 18.6 Å². The van der Waals surface area contributed by atoms with E-state index in [1.807, 2.05) is 46.2 Å². The van der Waals surface area contributed by atoms with Gasteiger partial charge in [0.2, 0.25) is 0 Å². The van der Waals surface area contributed by atoms with Crippen molar-refractivity contribution < 1.29 is 0 Å². The Morgan fingerprint density at radius 1 is 1.08 bits per heavy atom. The lowest BCUT2D eigenvalue weighted by Gasteiger charge is -2.26. The molecule has 1 fully saturated rings. The maximum absolute atomic E-state index is 4.48. The van der Waals surface area contributed by atoms with Gasteiger partial charge in [0.1, 0.15) is 5.82 Å². The van der Waals surface area contributed by atoms with Crippen molar-refractivity contribution in [3.05, 3.63) is 40.7 Å². The summed E-state index contributed by atoms with van der Waals surface area (Å²) in [6.07, 6.45) is 12.7. The molecule has 1 aromatic heterocycles. The Hall–Kier alpha value is -1.90. The molecule has 1 aliphatic heterocycles. The molecule has 0 amide bonds. The van der Waals surface area contributed by atoms with E-state index in [9.17, 15) is 0 Å². The number of nitrogens with zero attached hydrogens (tertiary/aromatic N) is 2. The third-order valence-electron chi connectivity index (χ3n) is 4.34. The van der Waals surface area contributed by atoms with Gasteiger partial charge in [-0.15, -0.1) is 0 Å². The number of aromatic nitrogens is 1. The lowest BCUT2D eigenvalue weighted by atomic mass is 9.80. The van der Waals surface area contributed by atoms with Crippen LogP contribution < -0.4 is 15.9 Å². The molecule has 2 heterocycles. The number of nitrogens with one attached hydrogen (secondary N) is 1. The number of hydrogen-bond acceptors (Lipinski definition) is 3. The fraction of sp³-hybridized carbons (Fsp3) is 0.524. The second-order valence-corrected chi connectivity index (χ2v) is 5.85. The van der Waals surface area contributed by atoms with Crippen LogP contribution in [0.5, 0.6) is 0 Å². The molecule has 1 aliphatic carbocycles. The summed E-state index contributed by atoms with van der Waals surface area (Å²) in [4.78, 5) is 8.85. The monoisotopic (exact) mass is 327 g/mol. The van der Waals surface area contributed by atoms with Crippen LogP contribution in [0.15, 0.2) is 29.5 Å². The summed E-state index contributed by atoms with van der Waals surface area (Å²) in [5, 5.41) is 4.97. The molecule has 0 saturated heterocycles. The number of rotatable bonds is 1. The number of aliphatic imine (C=N–C) groups is 1. The average molecular weight is 328 g/mol. The van der Waals surface area contributed by atoms with E-state index in [0.717, 1.165) is 22.3 Å². The molecule has 3 rings (SSSR count). The van der Waals surface area contributed by atoms with Crippen LogP contribution >= 0.6 is 0 Å². The third kappa shape index (κ3) is 5.33. The average Bonchev–Trinajstić information content (AvgIpc) is 2.67. The molecule has 0 spiro atoms. The summed E-state index contributed by atoms with van der Waals surface area (Å²) in [6, 6.07) is 2.22. The molecule has 3 heteroatoms. The molecule has 3 nitrogen and oxygen atoms in total. The van der Waals surface area contributed by atoms with E-state index >= 15 is 0 Å². The van der Waals surface area contributed by atoms with Crippen molar-refractivity contribution in [2.45, 2.75) is 66.2 Å². The topological polar surface area (TPSA) is 37.3 Å². The molecular formula is C21H33N3. The molecule has 0 radical (unpaired) electrons. The highest BCUT2D eigenvalue weighted by Crippen LogP contribution is 2.34. The highest BCUT2D eigenvalue weighted by atomic mass is 15.0. The van der Waals surface area contributed by atoms with Crippen LogP contribution in [0.2, 0.25) is 0 Å². The minimum Gasteiger partial charge on any atom is -0.346 e. The van der Waals surface area contributed by atoms with Gasteiger partial charge in [-0.3, -0.25) is 4.98 Å². The van der Waals surface area contributed by atoms with Gasteiger partial charge in [-0.1, -0.05) is 54.0 Å². The molecular weight excluding hydrogens is 294 g/mol. The van der Waals surface area contributed by atoms with Gasteiger partial charge in [0, 0.05) is 23.8 Å². The van der Waals surface area contributed by atoms with E-state index in [-0.39, 0.29) is 0 Å². The molecule has 24 heavy (non-hydrogen) atoms. The summed E-state index contributed by atoms with van der Waals surface area (Å²) >= 11 is 0. The first-order chi connectivity index (χ1) is 11.7. The molecule has 132 valence electrons. The van der Waals surface area contributed by atoms with Crippen molar-refractivity contribution in [3.63, 3.8) is 0 Å². The van der Waals surface area contributed by atoms with Crippen molar-refractivity contribution in [2.75, 3.05) is 0 Å². The van der Waals surface area contributed by atoms with Crippen molar-refractivity contribution in [2.24, 2.45) is 10.9 Å². The largest absolute Gasteiger partial charge is 0.346 e. The zero-order valence-corrected chi connectivity index (χ0v) is 16.0. The minimum absolute atomic E-state index is 0.641. The van der Waals surface area contributed by atoms with Crippen LogP contribution in [0.3, 0.4) is 0 Å². The summed E-state index contributed by atoms with van der Waals surface area (Å²) in [7, 11) is 0. The van der Waals surface area contributed by atoms with Crippen LogP contribution in [0.4, 0.5) is 0 Å². The van der Waals surface area contributed by atoms with E-state index in [0.29, 0.717) is 5.92 Å². The Bertz CT molecular complexity index is 650. The first-order valence-electron chi connectivity index (χ1n) is 9.39. The van der Waals surface area contributed by atoms with Crippen LogP contribution in [-0.4, -0.2) is 11.2 Å². The fourth-order valence-corrected chi connectivity index (χ4v) is 3.00. The molecule has 0 atom stereocenters. The lowest BCUT2D eigenvalue weighted by Crippen LogP contribution is -2.33. The van der Waals surface area contributed by atoms with Crippen molar-refractivity contribution in [3.8, 4) is 0 Å². The minimum atomic E-state index is 0.641. The summed E-state index contributed by atoms with van der Waals surface area (Å²) in [5.41, 5.74) is 1.33. The third-order valence-corrected chi connectivity index (χ3v) is 4.34. The quantitative estimate of drug-likeness (QED) is 0.843. The van der Waals surface area contributed by atoms with Crippen LogP contribution in [0.25, 0.3) is 12.4 Å². The fourth-order valence-electron chi connectivity index (χ4n) is 3.00.